The number of rotatable bonds is 2. The van der Waals surface area contributed by atoms with Crippen LogP contribution in [0, 0.1) is 6.92 Å². The average Bonchev–Trinajstić information content (AvgIpc) is 2.61. The maximum Gasteiger partial charge on any atom is 0.341 e. The zero-order valence-electron chi connectivity index (χ0n) is 8.52. The van der Waals surface area contributed by atoms with Crippen molar-refractivity contribution in [3.63, 3.8) is 0 Å². The topological polar surface area (TPSA) is 72.6 Å². The van der Waals surface area contributed by atoms with E-state index in [1.807, 2.05) is 0 Å². The van der Waals surface area contributed by atoms with Crippen molar-refractivity contribution in [2.75, 3.05) is 13.2 Å². The molecule has 0 unspecified atom stereocenters. The van der Waals surface area contributed by atoms with Gasteiger partial charge in [0.15, 0.2) is 0 Å². The highest BCUT2D eigenvalue weighted by atomic mass is 16.5. The summed E-state index contributed by atoms with van der Waals surface area (Å²) in [6.45, 7) is 2.95. The Morgan fingerprint density at radius 3 is 2.73 bits per heavy atom. The van der Waals surface area contributed by atoms with E-state index in [-0.39, 0.29) is 11.5 Å². The Morgan fingerprint density at radius 2 is 2.13 bits per heavy atom. The predicted octanol–water partition coefficient (Wildman–Crippen LogP) is 1.58. The minimum atomic E-state index is -0.963. The van der Waals surface area contributed by atoms with Gasteiger partial charge >= 0.3 is 5.97 Å². The first-order valence-corrected chi connectivity index (χ1v) is 4.97. The summed E-state index contributed by atoms with van der Waals surface area (Å²) in [5.74, 6) is -0.429. The molecule has 2 rings (SSSR count). The van der Waals surface area contributed by atoms with Crippen molar-refractivity contribution in [3.05, 3.63) is 17.0 Å². The minimum Gasteiger partial charge on any atom is -0.477 e. The zero-order valence-corrected chi connectivity index (χ0v) is 8.52. The van der Waals surface area contributed by atoms with Crippen LogP contribution in [0.1, 0.15) is 40.6 Å². The molecule has 0 amide bonds. The van der Waals surface area contributed by atoms with Gasteiger partial charge in [0.05, 0.1) is 0 Å². The Morgan fingerprint density at radius 1 is 1.47 bits per heavy atom. The monoisotopic (exact) mass is 211 g/mol. The Bertz CT molecular complexity index is 365. The number of aromatic carboxylic acids is 1. The van der Waals surface area contributed by atoms with Crippen molar-refractivity contribution < 1.29 is 19.2 Å². The molecule has 0 spiro atoms. The van der Waals surface area contributed by atoms with Crippen LogP contribution < -0.4 is 0 Å². The number of carboxylic acid groups (broad SMARTS) is 1. The van der Waals surface area contributed by atoms with Gasteiger partial charge in [-0.3, -0.25) is 0 Å². The lowest BCUT2D eigenvalue weighted by Gasteiger charge is -2.20. The van der Waals surface area contributed by atoms with Crippen LogP contribution in [-0.4, -0.2) is 29.4 Å². The van der Waals surface area contributed by atoms with Crippen LogP contribution in [0.5, 0.6) is 0 Å². The van der Waals surface area contributed by atoms with Crippen molar-refractivity contribution in [2.24, 2.45) is 0 Å². The number of carboxylic acids is 1. The van der Waals surface area contributed by atoms with Gasteiger partial charge in [-0.05, 0) is 19.8 Å². The highest BCUT2D eigenvalue weighted by Crippen LogP contribution is 2.29. The van der Waals surface area contributed by atoms with Crippen LogP contribution in [-0.2, 0) is 4.74 Å². The summed E-state index contributed by atoms with van der Waals surface area (Å²) in [6, 6.07) is 0. The molecule has 0 atom stereocenters. The molecule has 15 heavy (non-hydrogen) atoms. The predicted molar refractivity (Wildman–Crippen MR) is 51.0 cm³/mol. The SMILES string of the molecule is Cc1onc(C2CCOCC2)c1C(=O)O. The molecule has 0 radical (unpaired) electrons. The van der Waals surface area contributed by atoms with Crippen LogP contribution in [0.4, 0.5) is 0 Å². The fourth-order valence-electron chi connectivity index (χ4n) is 1.90. The number of aromatic nitrogens is 1. The standard InChI is InChI=1S/C10H13NO4/c1-6-8(10(12)13)9(11-15-6)7-2-4-14-5-3-7/h7H,2-5H2,1H3,(H,12,13). The van der Waals surface area contributed by atoms with E-state index in [9.17, 15) is 4.79 Å². The van der Waals surface area contributed by atoms with Crippen molar-refractivity contribution in [1.82, 2.24) is 5.16 Å². The number of hydrogen-bond acceptors (Lipinski definition) is 4. The number of nitrogens with zero attached hydrogens (tertiary/aromatic N) is 1. The van der Waals surface area contributed by atoms with Crippen LogP contribution >= 0.6 is 0 Å². The third kappa shape index (κ3) is 1.87. The lowest BCUT2D eigenvalue weighted by Crippen LogP contribution is -2.16. The summed E-state index contributed by atoms with van der Waals surface area (Å²) in [4.78, 5) is 11.0. The second-order valence-corrected chi connectivity index (χ2v) is 3.69. The van der Waals surface area contributed by atoms with E-state index in [1.165, 1.54) is 0 Å². The Labute approximate surface area is 87.0 Å². The summed E-state index contributed by atoms with van der Waals surface area (Å²) in [6.07, 6.45) is 1.62. The van der Waals surface area contributed by atoms with Gasteiger partial charge in [-0.2, -0.15) is 0 Å². The molecule has 1 aromatic heterocycles. The maximum atomic E-state index is 11.0. The molecule has 1 aliphatic rings. The molecular formula is C10H13NO4. The third-order valence-corrected chi connectivity index (χ3v) is 2.71. The molecule has 1 saturated heterocycles. The minimum absolute atomic E-state index is 0.155. The van der Waals surface area contributed by atoms with Gasteiger partial charge in [0, 0.05) is 19.1 Å². The lowest BCUT2D eigenvalue weighted by molar-refractivity contribution is 0.0684. The van der Waals surface area contributed by atoms with Crippen LogP contribution in [0.15, 0.2) is 4.52 Å². The van der Waals surface area contributed by atoms with Gasteiger partial charge in [-0.1, -0.05) is 5.16 Å². The van der Waals surface area contributed by atoms with E-state index >= 15 is 0 Å². The summed E-state index contributed by atoms with van der Waals surface area (Å²) in [5, 5.41) is 12.9. The first kappa shape index (κ1) is 10.2. The Balaban J connectivity index is 2.30. The van der Waals surface area contributed by atoms with Gasteiger partial charge < -0.3 is 14.4 Å². The second kappa shape index (κ2) is 4.02. The number of ether oxygens (including phenoxy) is 1. The first-order chi connectivity index (χ1) is 7.20. The molecule has 0 aliphatic carbocycles. The fraction of sp³-hybridized carbons (Fsp3) is 0.600. The second-order valence-electron chi connectivity index (χ2n) is 3.69. The first-order valence-electron chi connectivity index (χ1n) is 4.97. The van der Waals surface area contributed by atoms with Crippen LogP contribution in [0.3, 0.4) is 0 Å². The summed E-state index contributed by atoms with van der Waals surface area (Å²) in [7, 11) is 0. The van der Waals surface area contributed by atoms with E-state index in [2.05, 4.69) is 5.16 Å². The average molecular weight is 211 g/mol. The quantitative estimate of drug-likeness (QED) is 0.803. The maximum absolute atomic E-state index is 11.0. The molecule has 0 aromatic carbocycles. The van der Waals surface area contributed by atoms with E-state index in [0.717, 1.165) is 12.8 Å². The van der Waals surface area contributed by atoms with Crippen LogP contribution in [0.2, 0.25) is 0 Å². The van der Waals surface area contributed by atoms with Crippen molar-refractivity contribution in [3.8, 4) is 0 Å². The highest BCUT2D eigenvalue weighted by Gasteiger charge is 2.27. The normalized spacial score (nSPS) is 17.9. The summed E-state index contributed by atoms with van der Waals surface area (Å²) >= 11 is 0. The molecule has 5 nitrogen and oxygen atoms in total. The van der Waals surface area contributed by atoms with Gasteiger partial charge in [-0.15, -0.1) is 0 Å². The molecule has 0 bridgehead atoms. The molecule has 1 N–H and O–H groups in total. The number of hydrogen-bond donors (Lipinski definition) is 1. The molecular weight excluding hydrogens is 198 g/mol. The smallest absolute Gasteiger partial charge is 0.341 e. The molecule has 1 aliphatic heterocycles. The molecule has 2 heterocycles. The van der Waals surface area contributed by atoms with Crippen molar-refractivity contribution in [2.45, 2.75) is 25.7 Å². The van der Waals surface area contributed by atoms with Crippen molar-refractivity contribution in [1.29, 1.82) is 0 Å². The zero-order chi connectivity index (χ0) is 10.8. The Hall–Kier alpha value is -1.36. The van der Waals surface area contributed by atoms with Gasteiger partial charge in [-0.25, -0.2) is 4.79 Å². The van der Waals surface area contributed by atoms with E-state index < -0.39 is 5.97 Å². The van der Waals surface area contributed by atoms with Gasteiger partial charge in [0.25, 0.3) is 0 Å². The van der Waals surface area contributed by atoms with E-state index in [1.54, 1.807) is 6.92 Å². The largest absolute Gasteiger partial charge is 0.477 e. The summed E-state index contributed by atoms with van der Waals surface area (Å²) in [5.41, 5.74) is 0.796. The molecule has 1 fully saturated rings. The van der Waals surface area contributed by atoms with E-state index in [4.69, 9.17) is 14.4 Å². The van der Waals surface area contributed by atoms with Gasteiger partial charge in [0.1, 0.15) is 17.0 Å². The molecule has 82 valence electrons. The number of carbonyl (C=O) groups is 1. The molecule has 0 saturated carbocycles. The summed E-state index contributed by atoms with van der Waals surface area (Å²) < 4.78 is 10.2. The van der Waals surface area contributed by atoms with Gasteiger partial charge in [0.2, 0.25) is 0 Å². The number of aryl methyl sites for hydroxylation is 1. The molecule has 5 heteroatoms. The lowest BCUT2D eigenvalue weighted by atomic mass is 9.93. The van der Waals surface area contributed by atoms with E-state index in [0.29, 0.717) is 24.7 Å². The fourth-order valence-corrected chi connectivity index (χ4v) is 1.90. The molecule has 1 aromatic rings. The van der Waals surface area contributed by atoms with Crippen LogP contribution in [0.25, 0.3) is 0 Å². The third-order valence-electron chi connectivity index (χ3n) is 2.71. The highest BCUT2D eigenvalue weighted by molar-refractivity contribution is 5.90. The van der Waals surface area contributed by atoms with Crippen molar-refractivity contribution >= 4 is 5.97 Å². The Kier molecular flexibility index (Phi) is 2.73.